The molecule has 0 spiro atoms. The summed E-state index contributed by atoms with van der Waals surface area (Å²) < 4.78 is 0. The number of anilines is 1. The molecule has 0 radical (unpaired) electrons. The van der Waals surface area contributed by atoms with Gasteiger partial charge >= 0.3 is 0 Å². The number of rotatable bonds is 5. The van der Waals surface area contributed by atoms with Gasteiger partial charge in [0.15, 0.2) is 11.6 Å². The SMILES string of the molecule is CC(N)CCCC(=O)Nc1ncccc1O. The number of hydrogen-bond acceptors (Lipinski definition) is 4. The zero-order valence-electron chi connectivity index (χ0n) is 9.31. The molecule has 5 nitrogen and oxygen atoms in total. The molecule has 4 N–H and O–H groups in total. The van der Waals surface area contributed by atoms with E-state index >= 15 is 0 Å². The first kappa shape index (κ1) is 12.4. The quantitative estimate of drug-likeness (QED) is 0.700. The van der Waals surface area contributed by atoms with Crippen LogP contribution in [0.4, 0.5) is 5.82 Å². The summed E-state index contributed by atoms with van der Waals surface area (Å²) in [7, 11) is 0. The van der Waals surface area contributed by atoms with Gasteiger partial charge in [-0.2, -0.15) is 0 Å². The lowest BCUT2D eigenvalue weighted by Gasteiger charge is -2.06. The van der Waals surface area contributed by atoms with E-state index in [1.165, 1.54) is 12.3 Å². The van der Waals surface area contributed by atoms with Crippen LogP contribution in [0.3, 0.4) is 0 Å². The fourth-order valence-electron chi connectivity index (χ4n) is 1.27. The average molecular weight is 223 g/mol. The summed E-state index contributed by atoms with van der Waals surface area (Å²) in [5, 5.41) is 11.9. The molecule has 88 valence electrons. The molecular formula is C11H17N3O2. The maximum absolute atomic E-state index is 11.4. The van der Waals surface area contributed by atoms with Crippen LogP contribution in [0.15, 0.2) is 18.3 Å². The van der Waals surface area contributed by atoms with Gasteiger partial charge in [-0.1, -0.05) is 0 Å². The van der Waals surface area contributed by atoms with E-state index in [0.29, 0.717) is 6.42 Å². The number of amides is 1. The van der Waals surface area contributed by atoms with Crippen molar-refractivity contribution in [1.29, 1.82) is 0 Å². The number of nitrogens with one attached hydrogen (secondary N) is 1. The number of nitrogens with two attached hydrogens (primary N) is 1. The fraction of sp³-hybridized carbons (Fsp3) is 0.455. The van der Waals surface area contributed by atoms with Gasteiger partial charge in [0.1, 0.15) is 0 Å². The van der Waals surface area contributed by atoms with Crippen LogP contribution in [0.5, 0.6) is 5.75 Å². The first-order chi connectivity index (χ1) is 7.59. The second-order valence-electron chi connectivity index (χ2n) is 3.79. The highest BCUT2D eigenvalue weighted by molar-refractivity contribution is 5.90. The van der Waals surface area contributed by atoms with Crippen molar-refractivity contribution < 1.29 is 9.90 Å². The first-order valence-corrected chi connectivity index (χ1v) is 5.29. The summed E-state index contributed by atoms with van der Waals surface area (Å²) in [6.07, 6.45) is 3.44. The third-order valence-electron chi connectivity index (χ3n) is 2.11. The van der Waals surface area contributed by atoms with Gasteiger partial charge < -0.3 is 16.2 Å². The average Bonchev–Trinajstić information content (AvgIpc) is 2.21. The molecule has 1 heterocycles. The van der Waals surface area contributed by atoms with Crippen LogP contribution in [-0.2, 0) is 4.79 Å². The molecule has 0 aromatic carbocycles. The predicted octanol–water partition coefficient (Wildman–Crippen LogP) is 1.24. The van der Waals surface area contributed by atoms with Gasteiger partial charge in [-0.25, -0.2) is 4.98 Å². The Labute approximate surface area is 94.7 Å². The lowest BCUT2D eigenvalue weighted by molar-refractivity contribution is -0.116. The Morgan fingerprint density at radius 2 is 2.44 bits per heavy atom. The van der Waals surface area contributed by atoms with Crippen molar-refractivity contribution in [1.82, 2.24) is 4.98 Å². The van der Waals surface area contributed by atoms with Crippen LogP contribution in [0.2, 0.25) is 0 Å². The molecule has 0 saturated carbocycles. The van der Waals surface area contributed by atoms with E-state index in [2.05, 4.69) is 10.3 Å². The van der Waals surface area contributed by atoms with Gasteiger partial charge in [-0.05, 0) is 31.9 Å². The Hall–Kier alpha value is -1.62. The number of aromatic nitrogens is 1. The van der Waals surface area contributed by atoms with Crippen molar-refractivity contribution in [2.24, 2.45) is 5.73 Å². The molecule has 1 unspecified atom stereocenters. The lowest BCUT2D eigenvalue weighted by Crippen LogP contribution is -2.17. The summed E-state index contributed by atoms with van der Waals surface area (Å²) in [5.74, 6) is 0.0194. The summed E-state index contributed by atoms with van der Waals surface area (Å²) in [4.78, 5) is 15.3. The van der Waals surface area contributed by atoms with Gasteiger partial charge in [0.2, 0.25) is 5.91 Å². The Balaban J connectivity index is 2.37. The number of carbonyl (C=O) groups excluding carboxylic acids is 1. The smallest absolute Gasteiger partial charge is 0.225 e. The summed E-state index contributed by atoms with van der Waals surface area (Å²) in [6.45, 7) is 1.91. The van der Waals surface area contributed by atoms with Crippen molar-refractivity contribution >= 4 is 11.7 Å². The van der Waals surface area contributed by atoms with E-state index in [-0.39, 0.29) is 23.5 Å². The Morgan fingerprint density at radius 1 is 1.69 bits per heavy atom. The maximum atomic E-state index is 11.4. The maximum Gasteiger partial charge on any atom is 0.225 e. The highest BCUT2D eigenvalue weighted by atomic mass is 16.3. The molecule has 0 saturated heterocycles. The van der Waals surface area contributed by atoms with Crippen LogP contribution < -0.4 is 11.1 Å². The number of aromatic hydroxyl groups is 1. The van der Waals surface area contributed by atoms with Gasteiger partial charge in [0.05, 0.1) is 0 Å². The molecule has 0 aliphatic rings. The molecule has 1 amide bonds. The Morgan fingerprint density at radius 3 is 3.06 bits per heavy atom. The number of nitrogens with zero attached hydrogens (tertiary/aromatic N) is 1. The predicted molar refractivity (Wildman–Crippen MR) is 62.0 cm³/mol. The zero-order valence-corrected chi connectivity index (χ0v) is 9.31. The van der Waals surface area contributed by atoms with Crippen molar-refractivity contribution in [3.63, 3.8) is 0 Å². The van der Waals surface area contributed by atoms with Gasteiger partial charge in [0.25, 0.3) is 0 Å². The van der Waals surface area contributed by atoms with E-state index in [9.17, 15) is 9.90 Å². The molecule has 16 heavy (non-hydrogen) atoms. The fourth-order valence-corrected chi connectivity index (χ4v) is 1.27. The molecule has 0 bridgehead atoms. The molecule has 1 atom stereocenters. The van der Waals surface area contributed by atoms with Crippen LogP contribution in [0.1, 0.15) is 26.2 Å². The molecular weight excluding hydrogens is 206 g/mol. The minimum atomic E-state index is -0.158. The van der Waals surface area contributed by atoms with Crippen molar-refractivity contribution in [3.05, 3.63) is 18.3 Å². The normalized spacial score (nSPS) is 12.1. The molecule has 1 aromatic heterocycles. The molecule has 0 fully saturated rings. The molecule has 1 aromatic rings. The Bertz CT molecular complexity index is 353. The van der Waals surface area contributed by atoms with E-state index in [1.807, 2.05) is 6.92 Å². The van der Waals surface area contributed by atoms with Gasteiger partial charge in [0, 0.05) is 18.7 Å². The molecule has 0 aliphatic carbocycles. The summed E-state index contributed by atoms with van der Waals surface area (Å²) >= 11 is 0. The monoisotopic (exact) mass is 223 g/mol. The van der Waals surface area contributed by atoms with E-state index < -0.39 is 0 Å². The minimum absolute atomic E-state index is 0.0250. The second-order valence-corrected chi connectivity index (χ2v) is 3.79. The molecule has 5 heteroatoms. The third kappa shape index (κ3) is 4.27. The van der Waals surface area contributed by atoms with Crippen LogP contribution in [-0.4, -0.2) is 22.0 Å². The highest BCUT2D eigenvalue weighted by Gasteiger charge is 2.06. The van der Waals surface area contributed by atoms with Crippen LogP contribution >= 0.6 is 0 Å². The summed E-state index contributed by atoms with van der Waals surface area (Å²) in [5.41, 5.74) is 5.57. The van der Waals surface area contributed by atoms with E-state index in [0.717, 1.165) is 12.8 Å². The van der Waals surface area contributed by atoms with E-state index in [4.69, 9.17) is 5.73 Å². The Kier molecular flexibility index (Phi) is 4.72. The summed E-state index contributed by atoms with van der Waals surface area (Å²) in [6, 6.07) is 3.18. The molecule has 1 rings (SSSR count). The first-order valence-electron chi connectivity index (χ1n) is 5.29. The topological polar surface area (TPSA) is 88.2 Å². The highest BCUT2D eigenvalue weighted by Crippen LogP contribution is 2.18. The molecule has 0 aliphatic heterocycles. The third-order valence-corrected chi connectivity index (χ3v) is 2.11. The van der Waals surface area contributed by atoms with E-state index in [1.54, 1.807) is 6.07 Å². The van der Waals surface area contributed by atoms with Crippen molar-refractivity contribution in [2.75, 3.05) is 5.32 Å². The minimum Gasteiger partial charge on any atom is -0.504 e. The second kappa shape index (κ2) is 6.07. The lowest BCUT2D eigenvalue weighted by atomic mass is 10.1. The standard InChI is InChI=1S/C11H17N3O2/c1-8(12)4-2-6-10(16)14-11-9(15)5-3-7-13-11/h3,5,7-8,15H,2,4,6,12H2,1H3,(H,13,14,16). The number of carbonyl (C=O) groups is 1. The van der Waals surface area contributed by atoms with Gasteiger partial charge in [-0.15, -0.1) is 0 Å². The zero-order chi connectivity index (χ0) is 12.0. The van der Waals surface area contributed by atoms with Crippen LogP contribution in [0, 0.1) is 0 Å². The number of hydrogen-bond donors (Lipinski definition) is 3. The largest absolute Gasteiger partial charge is 0.504 e. The van der Waals surface area contributed by atoms with Crippen molar-refractivity contribution in [2.45, 2.75) is 32.2 Å². The van der Waals surface area contributed by atoms with Crippen LogP contribution in [0.25, 0.3) is 0 Å². The number of pyridine rings is 1. The van der Waals surface area contributed by atoms with Gasteiger partial charge in [-0.3, -0.25) is 4.79 Å². The van der Waals surface area contributed by atoms with Crippen molar-refractivity contribution in [3.8, 4) is 5.75 Å².